The lowest BCUT2D eigenvalue weighted by Gasteiger charge is -2.23. The lowest BCUT2D eigenvalue weighted by Crippen LogP contribution is -2.15. The standard InChI is InChI=1S/C52H38/c1-51(2)45-17-6-5-15-39(45)40-23-21-35(29-46(40)51)36-22-25-42-41-24-20-34(28-47(41)52(3,4)48(42)30-36)33-12-8-13-37(26-33)44-27-38-14-7-10-31-18-19-32-11-9-16-43(44)50(32)49(31)38/h5-30H,1-4H3. The first kappa shape index (κ1) is 29.7. The smallest absolute Gasteiger partial charge is 0.0159 e. The molecule has 0 saturated heterocycles. The second-order valence-corrected chi connectivity index (χ2v) is 16.1. The largest absolute Gasteiger partial charge is 0.0619 e. The molecule has 0 aliphatic heterocycles. The molecule has 0 nitrogen and oxygen atoms in total. The van der Waals surface area contributed by atoms with Crippen molar-refractivity contribution in [2.75, 3.05) is 0 Å². The first-order valence-electron chi connectivity index (χ1n) is 18.6. The molecule has 11 rings (SSSR count). The zero-order valence-corrected chi connectivity index (χ0v) is 30.0. The van der Waals surface area contributed by atoms with Gasteiger partial charge in [-0.25, -0.2) is 0 Å². The van der Waals surface area contributed by atoms with Crippen LogP contribution in [0.1, 0.15) is 49.9 Å². The topological polar surface area (TPSA) is 0 Å². The maximum atomic E-state index is 2.46. The van der Waals surface area contributed by atoms with E-state index in [1.165, 1.54) is 110 Å². The van der Waals surface area contributed by atoms with Crippen molar-refractivity contribution in [1.82, 2.24) is 0 Å². The Morgan fingerprint density at radius 3 is 1.42 bits per heavy atom. The fourth-order valence-corrected chi connectivity index (χ4v) is 9.85. The highest BCUT2D eigenvalue weighted by atomic mass is 14.4. The number of hydrogen-bond acceptors (Lipinski definition) is 0. The van der Waals surface area contributed by atoms with E-state index < -0.39 is 0 Å². The molecule has 0 radical (unpaired) electrons. The molecule has 9 aromatic carbocycles. The summed E-state index contributed by atoms with van der Waals surface area (Å²) in [5, 5.41) is 7.95. The molecular formula is C52H38. The average Bonchev–Trinajstić information content (AvgIpc) is 3.55. The van der Waals surface area contributed by atoms with Gasteiger partial charge in [0.25, 0.3) is 0 Å². The van der Waals surface area contributed by atoms with Crippen molar-refractivity contribution < 1.29 is 0 Å². The molecule has 0 N–H and O–H groups in total. The van der Waals surface area contributed by atoms with E-state index in [0.717, 1.165) is 0 Å². The van der Waals surface area contributed by atoms with Gasteiger partial charge in [0.2, 0.25) is 0 Å². The van der Waals surface area contributed by atoms with Gasteiger partial charge in [0.05, 0.1) is 0 Å². The summed E-state index contributed by atoms with van der Waals surface area (Å²) in [6.45, 7) is 9.52. The van der Waals surface area contributed by atoms with Crippen LogP contribution in [-0.2, 0) is 10.8 Å². The highest BCUT2D eigenvalue weighted by Crippen LogP contribution is 2.53. The monoisotopic (exact) mass is 662 g/mol. The Bertz CT molecular complexity index is 2950. The van der Waals surface area contributed by atoms with Gasteiger partial charge in [-0.05, 0) is 141 Å². The molecule has 0 saturated carbocycles. The molecule has 0 amide bonds. The predicted octanol–water partition coefficient (Wildman–Crippen LogP) is 14.2. The Balaban J connectivity index is 0.980. The first-order chi connectivity index (χ1) is 25.3. The fraction of sp³-hybridized carbons (Fsp3) is 0.115. The van der Waals surface area contributed by atoms with E-state index in [9.17, 15) is 0 Å². The Kier molecular flexibility index (Phi) is 5.89. The van der Waals surface area contributed by atoms with Gasteiger partial charge in [0, 0.05) is 10.8 Å². The van der Waals surface area contributed by atoms with Gasteiger partial charge in [-0.15, -0.1) is 0 Å². The van der Waals surface area contributed by atoms with Crippen LogP contribution in [0.3, 0.4) is 0 Å². The highest BCUT2D eigenvalue weighted by molar-refractivity contribution is 6.26. The van der Waals surface area contributed by atoms with Crippen molar-refractivity contribution in [3.63, 3.8) is 0 Å². The van der Waals surface area contributed by atoms with Crippen LogP contribution in [0.15, 0.2) is 158 Å². The van der Waals surface area contributed by atoms with Crippen LogP contribution in [0.25, 0.3) is 88.0 Å². The Morgan fingerprint density at radius 2 is 0.769 bits per heavy atom. The third-order valence-electron chi connectivity index (χ3n) is 12.6. The van der Waals surface area contributed by atoms with Crippen molar-refractivity contribution in [2.45, 2.75) is 38.5 Å². The van der Waals surface area contributed by atoms with E-state index in [4.69, 9.17) is 0 Å². The van der Waals surface area contributed by atoms with Gasteiger partial charge in [-0.3, -0.25) is 0 Å². The van der Waals surface area contributed by atoms with Crippen molar-refractivity contribution in [2.24, 2.45) is 0 Å². The summed E-state index contributed by atoms with van der Waals surface area (Å²) in [6, 6.07) is 59.8. The van der Waals surface area contributed by atoms with Crippen LogP contribution in [0.5, 0.6) is 0 Å². The number of hydrogen-bond donors (Lipinski definition) is 0. The third kappa shape index (κ3) is 3.98. The molecule has 52 heavy (non-hydrogen) atoms. The lowest BCUT2D eigenvalue weighted by atomic mass is 9.80. The normalized spacial score (nSPS) is 14.8. The Labute approximate surface area is 305 Å². The summed E-state index contributed by atoms with van der Waals surface area (Å²) in [7, 11) is 0. The minimum Gasteiger partial charge on any atom is -0.0619 e. The molecule has 2 aliphatic rings. The zero-order valence-electron chi connectivity index (χ0n) is 30.0. The molecule has 0 heteroatoms. The molecule has 246 valence electrons. The van der Waals surface area contributed by atoms with Crippen molar-refractivity contribution in [3.8, 4) is 55.6 Å². The van der Waals surface area contributed by atoms with E-state index in [-0.39, 0.29) is 10.8 Å². The van der Waals surface area contributed by atoms with Crippen LogP contribution in [0.4, 0.5) is 0 Å². The van der Waals surface area contributed by atoms with Gasteiger partial charge < -0.3 is 0 Å². The van der Waals surface area contributed by atoms with Crippen LogP contribution in [0.2, 0.25) is 0 Å². The van der Waals surface area contributed by atoms with Crippen molar-refractivity contribution in [1.29, 1.82) is 0 Å². The summed E-state index contributed by atoms with van der Waals surface area (Å²) in [5.74, 6) is 0. The summed E-state index contributed by atoms with van der Waals surface area (Å²) in [4.78, 5) is 0. The van der Waals surface area contributed by atoms with Crippen LogP contribution in [0, 0.1) is 0 Å². The molecule has 0 fully saturated rings. The van der Waals surface area contributed by atoms with E-state index in [1.807, 2.05) is 0 Å². The molecule has 0 unspecified atom stereocenters. The molecule has 0 bridgehead atoms. The summed E-state index contributed by atoms with van der Waals surface area (Å²) in [5.41, 5.74) is 18.6. The van der Waals surface area contributed by atoms with Gasteiger partial charge in [0.15, 0.2) is 0 Å². The van der Waals surface area contributed by atoms with E-state index >= 15 is 0 Å². The number of rotatable bonds is 3. The fourth-order valence-electron chi connectivity index (χ4n) is 9.85. The van der Waals surface area contributed by atoms with Crippen LogP contribution in [-0.4, -0.2) is 0 Å². The maximum absolute atomic E-state index is 2.46. The second-order valence-electron chi connectivity index (χ2n) is 16.1. The second kappa shape index (κ2) is 10.3. The van der Waals surface area contributed by atoms with Crippen molar-refractivity contribution >= 4 is 32.3 Å². The maximum Gasteiger partial charge on any atom is 0.0159 e. The predicted molar refractivity (Wildman–Crippen MR) is 222 cm³/mol. The molecule has 9 aromatic rings. The zero-order chi connectivity index (χ0) is 34.9. The average molecular weight is 663 g/mol. The van der Waals surface area contributed by atoms with Crippen LogP contribution >= 0.6 is 0 Å². The van der Waals surface area contributed by atoms with Gasteiger partial charge in [0.1, 0.15) is 0 Å². The summed E-state index contributed by atoms with van der Waals surface area (Å²) >= 11 is 0. The molecular weight excluding hydrogens is 625 g/mol. The Hall–Kier alpha value is -5.98. The van der Waals surface area contributed by atoms with E-state index in [1.54, 1.807) is 0 Å². The van der Waals surface area contributed by atoms with E-state index in [0.29, 0.717) is 0 Å². The first-order valence-corrected chi connectivity index (χ1v) is 18.6. The van der Waals surface area contributed by atoms with E-state index in [2.05, 4.69) is 185 Å². The van der Waals surface area contributed by atoms with Crippen LogP contribution < -0.4 is 0 Å². The molecule has 0 heterocycles. The molecule has 0 aromatic heterocycles. The van der Waals surface area contributed by atoms with Gasteiger partial charge >= 0.3 is 0 Å². The van der Waals surface area contributed by atoms with Gasteiger partial charge in [-0.1, -0.05) is 155 Å². The molecule has 0 spiro atoms. The number of fused-ring (bicyclic) bond motifs is 6. The molecule has 2 aliphatic carbocycles. The minimum atomic E-state index is -0.121. The summed E-state index contributed by atoms with van der Waals surface area (Å²) in [6.07, 6.45) is 0. The number of benzene rings is 9. The minimum absolute atomic E-state index is 0.0126. The quantitative estimate of drug-likeness (QED) is 0.165. The molecule has 0 atom stereocenters. The summed E-state index contributed by atoms with van der Waals surface area (Å²) < 4.78 is 0. The Morgan fingerprint density at radius 1 is 0.288 bits per heavy atom. The van der Waals surface area contributed by atoms with Gasteiger partial charge in [-0.2, -0.15) is 0 Å². The lowest BCUT2D eigenvalue weighted by molar-refractivity contribution is 0.659. The SMILES string of the molecule is CC1(C)c2ccccc2-c2ccc(-c3ccc4c(c3)C(C)(C)c3cc(-c5cccc(-c6cc7cccc8ccc9cccc6c9c87)c5)ccc3-4)cc21. The van der Waals surface area contributed by atoms with Crippen molar-refractivity contribution in [3.05, 3.63) is 180 Å². The third-order valence-corrected chi connectivity index (χ3v) is 12.6. The highest BCUT2D eigenvalue weighted by Gasteiger charge is 2.37.